The lowest BCUT2D eigenvalue weighted by Gasteiger charge is -2.14. The zero-order valence-corrected chi connectivity index (χ0v) is 13.2. The average molecular weight is 309 g/mol. The van der Waals surface area contributed by atoms with Gasteiger partial charge in [-0.15, -0.1) is 0 Å². The Morgan fingerprint density at radius 1 is 1.19 bits per heavy atom. The zero-order chi connectivity index (χ0) is 15.8. The molecule has 0 radical (unpaired) electrons. The maximum atomic E-state index is 12.6. The Labute approximate surface area is 124 Å². The van der Waals surface area contributed by atoms with Crippen LogP contribution in [0.3, 0.4) is 0 Å². The fourth-order valence-electron chi connectivity index (χ4n) is 2.35. The first kappa shape index (κ1) is 15.3. The minimum Gasteiger partial charge on any atom is -0.324 e. The minimum absolute atomic E-state index is 0.254. The molecule has 8 heteroatoms. The van der Waals surface area contributed by atoms with Gasteiger partial charge in [0.15, 0.2) is 0 Å². The van der Waals surface area contributed by atoms with Gasteiger partial charge in [0.05, 0.1) is 16.3 Å². The van der Waals surface area contributed by atoms with Crippen molar-refractivity contribution in [3.05, 3.63) is 35.2 Å². The standard InChI is InChI=1S/C13H19N5O2S/c1-8-5-11(15-14)6-9(2)13(8)21(19,20)17-12-7-18(4)16-10(12)3/h5-7,15,17H,14H2,1-4H3. The largest absolute Gasteiger partial charge is 0.324 e. The van der Waals surface area contributed by atoms with E-state index in [1.165, 1.54) is 0 Å². The van der Waals surface area contributed by atoms with Crippen molar-refractivity contribution < 1.29 is 8.42 Å². The van der Waals surface area contributed by atoms with Crippen LogP contribution in [0.2, 0.25) is 0 Å². The van der Waals surface area contributed by atoms with E-state index >= 15 is 0 Å². The lowest BCUT2D eigenvalue weighted by Crippen LogP contribution is -2.17. The molecule has 1 aromatic heterocycles. The van der Waals surface area contributed by atoms with Crippen LogP contribution in [0.25, 0.3) is 0 Å². The highest BCUT2D eigenvalue weighted by Crippen LogP contribution is 2.26. The summed E-state index contributed by atoms with van der Waals surface area (Å²) in [6.45, 7) is 5.22. The lowest BCUT2D eigenvalue weighted by atomic mass is 10.1. The molecule has 0 fully saturated rings. The number of hydrogen-bond acceptors (Lipinski definition) is 5. The molecular weight excluding hydrogens is 290 g/mol. The fourth-order valence-corrected chi connectivity index (χ4v) is 3.91. The Hall–Kier alpha value is -2.06. The number of nitrogens with two attached hydrogens (primary N) is 1. The van der Waals surface area contributed by atoms with Gasteiger partial charge in [-0.1, -0.05) is 0 Å². The number of anilines is 2. The van der Waals surface area contributed by atoms with E-state index < -0.39 is 10.0 Å². The number of aromatic nitrogens is 2. The van der Waals surface area contributed by atoms with E-state index in [4.69, 9.17) is 5.84 Å². The first-order valence-corrected chi connectivity index (χ1v) is 7.84. The second-order valence-electron chi connectivity index (χ2n) is 4.99. The predicted molar refractivity (Wildman–Crippen MR) is 82.5 cm³/mol. The average Bonchev–Trinajstić information content (AvgIpc) is 2.65. The molecule has 114 valence electrons. The van der Waals surface area contributed by atoms with E-state index in [0.717, 1.165) is 0 Å². The van der Waals surface area contributed by atoms with E-state index in [0.29, 0.717) is 28.2 Å². The van der Waals surface area contributed by atoms with Crippen LogP contribution in [0.5, 0.6) is 0 Å². The number of hydrazine groups is 1. The van der Waals surface area contributed by atoms with Gasteiger partial charge in [0, 0.05) is 18.9 Å². The van der Waals surface area contributed by atoms with E-state index in [1.54, 1.807) is 50.8 Å². The molecular formula is C13H19N5O2S. The SMILES string of the molecule is Cc1cc(NN)cc(C)c1S(=O)(=O)Nc1cn(C)nc1C. The van der Waals surface area contributed by atoms with Crippen molar-refractivity contribution in [1.82, 2.24) is 9.78 Å². The third-order valence-electron chi connectivity index (χ3n) is 3.15. The second kappa shape index (κ2) is 5.38. The van der Waals surface area contributed by atoms with E-state index in [9.17, 15) is 8.42 Å². The topological polar surface area (TPSA) is 102 Å². The van der Waals surface area contributed by atoms with Crippen molar-refractivity contribution in [2.75, 3.05) is 10.1 Å². The highest BCUT2D eigenvalue weighted by molar-refractivity contribution is 7.92. The Bertz CT molecular complexity index is 757. The van der Waals surface area contributed by atoms with Crippen molar-refractivity contribution in [1.29, 1.82) is 0 Å². The molecule has 0 saturated carbocycles. The van der Waals surface area contributed by atoms with Crippen LogP contribution in [0.15, 0.2) is 23.2 Å². The summed E-state index contributed by atoms with van der Waals surface area (Å²) in [5.74, 6) is 5.37. The molecule has 0 aliphatic heterocycles. The third-order valence-corrected chi connectivity index (χ3v) is 4.82. The van der Waals surface area contributed by atoms with Crippen LogP contribution in [0.4, 0.5) is 11.4 Å². The molecule has 0 spiro atoms. The Morgan fingerprint density at radius 2 is 1.76 bits per heavy atom. The van der Waals surface area contributed by atoms with Gasteiger partial charge in [0.1, 0.15) is 0 Å². The lowest BCUT2D eigenvalue weighted by molar-refractivity contribution is 0.600. The van der Waals surface area contributed by atoms with Crippen LogP contribution < -0.4 is 16.0 Å². The number of nitrogens with zero attached hydrogens (tertiary/aromatic N) is 2. The molecule has 1 aromatic carbocycles. The second-order valence-corrected chi connectivity index (χ2v) is 6.61. The van der Waals surface area contributed by atoms with Crippen LogP contribution in [0.1, 0.15) is 16.8 Å². The number of aryl methyl sites for hydroxylation is 4. The van der Waals surface area contributed by atoms with E-state index in [1.807, 2.05) is 0 Å². The number of sulfonamides is 1. The third kappa shape index (κ3) is 3.01. The molecule has 0 amide bonds. The van der Waals surface area contributed by atoms with E-state index in [-0.39, 0.29) is 4.90 Å². The van der Waals surface area contributed by atoms with Gasteiger partial charge in [-0.3, -0.25) is 15.2 Å². The van der Waals surface area contributed by atoms with Gasteiger partial charge in [-0.25, -0.2) is 8.42 Å². The molecule has 1 heterocycles. The molecule has 0 atom stereocenters. The fraction of sp³-hybridized carbons (Fsp3) is 0.308. The smallest absolute Gasteiger partial charge is 0.262 e. The van der Waals surface area contributed by atoms with Gasteiger partial charge < -0.3 is 5.43 Å². The van der Waals surface area contributed by atoms with Crippen LogP contribution in [-0.4, -0.2) is 18.2 Å². The highest BCUT2D eigenvalue weighted by atomic mass is 32.2. The number of benzene rings is 1. The molecule has 2 rings (SSSR count). The minimum atomic E-state index is -3.68. The molecule has 7 nitrogen and oxygen atoms in total. The van der Waals surface area contributed by atoms with Crippen molar-refractivity contribution in [3.63, 3.8) is 0 Å². The first-order valence-electron chi connectivity index (χ1n) is 6.35. The molecule has 4 N–H and O–H groups in total. The van der Waals surface area contributed by atoms with Gasteiger partial charge >= 0.3 is 0 Å². The van der Waals surface area contributed by atoms with E-state index in [2.05, 4.69) is 15.2 Å². The zero-order valence-electron chi connectivity index (χ0n) is 12.4. The number of rotatable bonds is 4. The maximum absolute atomic E-state index is 12.6. The quantitative estimate of drug-likeness (QED) is 0.586. The molecule has 0 unspecified atom stereocenters. The monoisotopic (exact) mass is 309 g/mol. The number of nitrogens with one attached hydrogen (secondary N) is 2. The van der Waals surface area contributed by atoms with Crippen LogP contribution in [0, 0.1) is 20.8 Å². The Morgan fingerprint density at radius 3 is 2.19 bits per heavy atom. The molecule has 0 aliphatic rings. The summed E-state index contributed by atoms with van der Waals surface area (Å²) in [5.41, 5.74) is 5.52. The summed E-state index contributed by atoms with van der Waals surface area (Å²) in [4.78, 5) is 0.254. The summed E-state index contributed by atoms with van der Waals surface area (Å²) >= 11 is 0. The predicted octanol–water partition coefficient (Wildman–Crippen LogP) is 1.43. The first-order chi connectivity index (χ1) is 9.74. The summed E-state index contributed by atoms with van der Waals surface area (Å²) in [5, 5.41) is 4.12. The van der Waals surface area contributed by atoms with Crippen LogP contribution in [-0.2, 0) is 17.1 Å². The molecule has 0 aliphatic carbocycles. The Kier molecular flexibility index (Phi) is 3.93. The van der Waals surface area contributed by atoms with Crippen molar-refractivity contribution >= 4 is 21.4 Å². The highest BCUT2D eigenvalue weighted by Gasteiger charge is 2.21. The number of nitrogen functional groups attached to an aromatic ring is 1. The summed E-state index contributed by atoms with van der Waals surface area (Å²) in [6, 6.07) is 3.38. The molecule has 21 heavy (non-hydrogen) atoms. The molecule has 0 saturated heterocycles. The Balaban J connectivity index is 2.47. The van der Waals surface area contributed by atoms with Crippen molar-refractivity contribution in [2.24, 2.45) is 12.9 Å². The van der Waals surface area contributed by atoms with Gasteiger partial charge in [0.2, 0.25) is 0 Å². The number of hydrogen-bond donors (Lipinski definition) is 3. The van der Waals surface area contributed by atoms with Crippen LogP contribution >= 0.6 is 0 Å². The summed E-state index contributed by atoms with van der Waals surface area (Å²) in [7, 11) is -1.94. The normalized spacial score (nSPS) is 11.5. The summed E-state index contributed by atoms with van der Waals surface area (Å²) in [6.07, 6.45) is 1.63. The molecule has 2 aromatic rings. The van der Waals surface area contributed by atoms with Gasteiger partial charge in [-0.05, 0) is 44.0 Å². The summed E-state index contributed by atoms with van der Waals surface area (Å²) < 4.78 is 29.4. The van der Waals surface area contributed by atoms with Gasteiger partial charge in [-0.2, -0.15) is 5.10 Å². The van der Waals surface area contributed by atoms with Crippen molar-refractivity contribution in [2.45, 2.75) is 25.7 Å². The molecule has 0 bridgehead atoms. The van der Waals surface area contributed by atoms with Gasteiger partial charge in [0.25, 0.3) is 10.0 Å². The maximum Gasteiger partial charge on any atom is 0.262 e. The van der Waals surface area contributed by atoms with Crippen molar-refractivity contribution in [3.8, 4) is 0 Å².